The predicted molar refractivity (Wildman–Crippen MR) is 124 cm³/mol. The number of thioether (sulfide) groups is 1. The third kappa shape index (κ3) is 6.74. The summed E-state index contributed by atoms with van der Waals surface area (Å²) in [5.41, 5.74) is 0.588. The molecule has 0 bridgehead atoms. The molecule has 0 radical (unpaired) electrons. The second-order valence-corrected chi connectivity index (χ2v) is 11.2. The first-order chi connectivity index (χ1) is 14.6. The second-order valence-electron chi connectivity index (χ2n) is 7.70. The predicted octanol–water partition coefficient (Wildman–Crippen LogP) is 2.69. The number of sulfonamides is 1. The lowest BCUT2D eigenvalue weighted by molar-refractivity contribution is -0.120. The van der Waals surface area contributed by atoms with Gasteiger partial charge in [0, 0.05) is 29.6 Å². The van der Waals surface area contributed by atoms with Gasteiger partial charge in [0.25, 0.3) is 10.0 Å². The Balaban J connectivity index is 2.36. The van der Waals surface area contributed by atoms with Gasteiger partial charge in [-0.25, -0.2) is 17.5 Å². The van der Waals surface area contributed by atoms with Crippen molar-refractivity contribution < 1.29 is 18.0 Å². The van der Waals surface area contributed by atoms with Gasteiger partial charge >= 0.3 is 6.03 Å². The topological polar surface area (TPSA) is 98.8 Å². The van der Waals surface area contributed by atoms with Crippen molar-refractivity contribution in [2.75, 3.05) is 40.3 Å². The SMILES string of the molecule is CCCCC(Sc1cc(Cl)c(C)cc1S(=O)(=O)N1CCNC1=O)C(=O)NCCN(C)C. The fourth-order valence-corrected chi connectivity index (χ4v) is 6.36. The lowest BCUT2D eigenvalue weighted by Crippen LogP contribution is -2.37. The van der Waals surface area contributed by atoms with Crippen molar-refractivity contribution in [2.45, 2.75) is 48.2 Å². The molecule has 0 spiro atoms. The highest BCUT2D eigenvalue weighted by Crippen LogP contribution is 2.37. The first-order valence-corrected chi connectivity index (χ1v) is 13.0. The van der Waals surface area contributed by atoms with Gasteiger partial charge in [-0.15, -0.1) is 11.8 Å². The molecule has 0 saturated carbocycles. The van der Waals surface area contributed by atoms with Crippen molar-refractivity contribution >= 4 is 45.3 Å². The fourth-order valence-electron chi connectivity index (χ4n) is 3.04. The number of likely N-dealkylation sites (N-methyl/N-ethyl adjacent to an activating group) is 1. The number of rotatable bonds is 11. The van der Waals surface area contributed by atoms with Gasteiger partial charge in [0.1, 0.15) is 4.90 Å². The van der Waals surface area contributed by atoms with Gasteiger partial charge in [-0.2, -0.15) is 0 Å². The Kier molecular flexibility index (Phi) is 9.47. The summed E-state index contributed by atoms with van der Waals surface area (Å²) < 4.78 is 27.3. The van der Waals surface area contributed by atoms with Crippen molar-refractivity contribution in [3.8, 4) is 0 Å². The van der Waals surface area contributed by atoms with Crippen LogP contribution in [-0.2, 0) is 14.8 Å². The number of urea groups is 1. The van der Waals surface area contributed by atoms with E-state index >= 15 is 0 Å². The molecule has 2 rings (SSSR count). The molecule has 1 fully saturated rings. The average Bonchev–Trinajstić information content (AvgIpc) is 3.13. The van der Waals surface area contributed by atoms with E-state index in [9.17, 15) is 18.0 Å². The highest BCUT2D eigenvalue weighted by molar-refractivity contribution is 8.01. The van der Waals surface area contributed by atoms with Gasteiger partial charge in [-0.05, 0) is 45.1 Å². The molecule has 11 heteroatoms. The van der Waals surface area contributed by atoms with E-state index in [1.54, 1.807) is 13.0 Å². The molecule has 8 nitrogen and oxygen atoms in total. The summed E-state index contributed by atoms with van der Waals surface area (Å²) in [5.74, 6) is -0.140. The van der Waals surface area contributed by atoms with Gasteiger partial charge in [0.05, 0.1) is 11.8 Å². The van der Waals surface area contributed by atoms with Crippen molar-refractivity contribution in [3.63, 3.8) is 0 Å². The smallest absolute Gasteiger partial charge is 0.331 e. The van der Waals surface area contributed by atoms with E-state index in [1.165, 1.54) is 17.8 Å². The molecule has 1 aliphatic rings. The van der Waals surface area contributed by atoms with Crippen molar-refractivity contribution in [3.05, 3.63) is 22.7 Å². The number of hydrogen-bond donors (Lipinski definition) is 2. The highest BCUT2D eigenvalue weighted by Gasteiger charge is 2.35. The number of halogens is 1. The van der Waals surface area contributed by atoms with Crippen LogP contribution in [0.4, 0.5) is 4.79 Å². The maximum absolute atomic E-state index is 13.2. The van der Waals surface area contributed by atoms with Gasteiger partial charge < -0.3 is 15.5 Å². The molecule has 1 heterocycles. The van der Waals surface area contributed by atoms with Gasteiger partial charge in [-0.3, -0.25) is 4.79 Å². The largest absolute Gasteiger partial charge is 0.354 e. The van der Waals surface area contributed by atoms with Crippen LogP contribution < -0.4 is 10.6 Å². The summed E-state index contributed by atoms with van der Waals surface area (Å²) in [6.07, 6.45) is 2.34. The van der Waals surface area contributed by atoms with Crippen LogP contribution in [0.5, 0.6) is 0 Å². The summed E-state index contributed by atoms with van der Waals surface area (Å²) >= 11 is 7.49. The number of hydrogen-bond acceptors (Lipinski definition) is 6. The van der Waals surface area contributed by atoms with Gasteiger partial charge in [-0.1, -0.05) is 31.4 Å². The third-order valence-electron chi connectivity index (χ3n) is 4.85. The Hall–Kier alpha value is -1.49. The number of amides is 3. The average molecular weight is 491 g/mol. The molecule has 0 aromatic heterocycles. The van der Waals surface area contributed by atoms with Crippen LogP contribution in [0.25, 0.3) is 0 Å². The fraction of sp³-hybridized carbons (Fsp3) is 0.600. The first-order valence-electron chi connectivity index (χ1n) is 10.3. The third-order valence-corrected chi connectivity index (χ3v) is 8.54. The zero-order chi connectivity index (χ0) is 23.2. The van der Waals surface area contributed by atoms with E-state index in [0.29, 0.717) is 35.0 Å². The number of carbonyl (C=O) groups is 2. The molecule has 3 amide bonds. The van der Waals surface area contributed by atoms with E-state index in [4.69, 9.17) is 11.6 Å². The number of unbranched alkanes of at least 4 members (excludes halogenated alkanes) is 1. The molecule has 31 heavy (non-hydrogen) atoms. The van der Waals surface area contributed by atoms with Crippen LogP contribution in [0.2, 0.25) is 5.02 Å². The van der Waals surface area contributed by atoms with Crippen LogP contribution >= 0.6 is 23.4 Å². The quantitative estimate of drug-likeness (QED) is 0.463. The Morgan fingerprint density at radius 1 is 1.39 bits per heavy atom. The summed E-state index contributed by atoms with van der Waals surface area (Å²) in [5, 5.41) is 5.39. The maximum atomic E-state index is 13.2. The summed E-state index contributed by atoms with van der Waals surface area (Å²) in [4.78, 5) is 27.2. The maximum Gasteiger partial charge on any atom is 0.331 e. The highest BCUT2D eigenvalue weighted by atomic mass is 35.5. The molecule has 1 unspecified atom stereocenters. The van der Waals surface area contributed by atoms with Crippen molar-refractivity contribution in [1.82, 2.24) is 19.8 Å². The molecular formula is C20H31ClN4O4S2. The zero-order valence-electron chi connectivity index (χ0n) is 18.4. The van der Waals surface area contributed by atoms with Crippen LogP contribution in [0.1, 0.15) is 31.7 Å². The van der Waals surface area contributed by atoms with Crippen LogP contribution in [0.15, 0.2) is 21.9 Å². The molecule has 1 aliphatic heterocycles. The van der Waals surface area contributed by atoms with Crippen LogP contribution in [0.3, 0.4) is 0 Å². The van der Waals surface area contributed by atoms with E-state index in [0.717, 1.165) is 17.1 Å². The van der Waals surface area contributed by atoms with E-state index < -0.39 is 21.3 Å². The minimum absolute atomic E-state index is 0.000889. The molecule has 1 aromatic rings. The van der Waals surface area contributed by atoms with E-state index in [-0.39, 0.29) is 23.9 Å². The zero-order valence-corrected chi connectivity index (χ0v) is 20.8. The Labute approximate surface area is 194 Å². The molecular weight excluding hydrogens is 460 g/mol. The Morgan fingerprint density at radius 2 is 2.10 bits per heavy atom. The Morgan fingerprint density at radius 3 is 2.68 bits per heavy atom. The Bertz CT molecular complexity index is 909. The number of nitrogens with one attached hydrogen (secondary N) is 2. The monoisotopic (exact) mass is 490 g/mol. The molecule has 2 N–H and O–H groups in total. The van der Waals surface area contributed by atoms with Crippen LogP contribution in [0, 0.1) is 6.92 Å². The normalized spacial score (nSPS) is 15.3. The van der Waals surface area contributed by atoms with Crippen molar-refractivity contribution in [2.24, 2.45) is 0 Å². The number of nitrogens with zero attached hydrogens (tertiary/aromatic N) is 2. The first kappa shape index (κ1) is 25.8. The van der Waals surface area contributed by atoms with Gasteiger partial charge in [0.15, 0.2) is 0 Å². The molecule has 1 aromatic carbocycles. The number of benzene rings is 1. The standard InChI is InChI=1S/C20H31ClN4O4S2/c1-5-6-7-16(19(26)22-8-10-24(3)4)30-17-13-15(21)14(2)12-18(17)31(28,29)25-11-9-23-20(25)27/h12-13,16H,5-11H2,1-4H3,(H,22,26)(H,23,27). The summed E-state index contributed by atoms with van der Waals surface area (Å²) in [6.45, 7) is 5.29. The lowest BCUT2D eigenvalue weighted by Gasteiger charge is -2.22. The van der Waals surface area contributed by atoms with Gasteiger partial charge in [0.2, 0.25) is 5.91 Å². The number of carbonyl (C=O) groups excluding carboxylic acids is 2. The minimum atomic E-state index is -4.07. The number of aryl methyl sites for hydroxylation is 1. The summed E-state index contributed by atoms with van der Waals surface area (Å²) in [7, 11) is -0.222. The van der Waals surface area contributed by atoms with Crippen molar-refractivity contribution in [1.29, 1.82) is 0 Å². The minimum Gasteiger partial charge on any atom is -0.354 e. The molecule has 1 saturated heterocycles. The van der Waals surface area contributed by atoms with E-state index in [2.05, 4.69) is 10.6 Å². The molecule has 1 atom stereocenters. The van der Waals surface area contributed by atoms with E-state index in [1.807, 2.05) is 25.9 Å². The molecule has 0 aliphatic carbocycles. The van der Waals surface area contributed by atoms with Crippen LogP contribution in [-0.4, -0.2) is 75.1 Å². The summed E-state index contributed by atoms with van der Waals surface area (Å²) in [6, 6.07) is 2.41. The molecule has 174 valence electrons. The second kappa shape index (κ2) is 11.4. The lowest BCUT2D eigenvalue weighted by atomic mass is 10.2.